The van der Waals surface area contributed by atoms with Gasteiger partial charge < -0.3 is 10.4 Å². The number of hydrogen-bond acceptors (Lipinski definition) is 2. The quantitative estimate of drug-likeness (QED) is 0.899. The zero-order chi connectivity index (χ0) is 14.8. The minimum Gasteiger partial charge on any atom is -0.388 e. The molecule has 0 heterocycles. The van der Waals surface area contributed by atoms with Gasteiger partial charge >= 0.3 is 0 Å². The Kier molecular flexibility index (Phi) is 4.71. The standard InChI is InChI=1S/C16H22ClNO2/c1-11-6-8-16(20,9-7-11)10-18-15(19)13-4-3-5-14(17)12(13)2/h3-5,11,20H,6-10H2,1-2H3,(H,18,19). The largest absolute Gasteiger partial charge is 0.388 e. The summed E-state index contributed by atoms with van der Waals surface area (Å²) in [4.78, 5) is 12.2. The lowest BCUT2D eigenvalue weighted by Crippen LogP contribution is -2.45. The fraction of sp³-hybridized carbons (Fsp3) is 0.562. The maximum Gasteiger partial charge on any atom is 0.251 e. The lowest BCUT2D eigenvalue weighted by molar-refractivity contribution is -0.00540. The van der Waals surface area contributed by atoms with Gasteiger partial charge in [-0.3, -0.25) is 4.79 Å². The van der Waals surface area contributed by atoms with E-state index in [9.17, 15) is 9.90 Å². The third-order valence-corrected chi connectivity index (χ3v) is 4.70. The number of amides is 1. The van der Waals surface area contributed by atoms with Gasteiger partial charge in [0.05, 0.1) is 5.60 Å². The third kappa shape index (κ3) is 3.53. The first-order valence-corrected chi connectivity index (χ1v) is 7.55. The molecule has 0 atom stereocenters. The van der Waals surface area contributed by atoms with Crippen LogP contribution in [0.15, 0.2) is 18.2 Å². The molecule has 1 saturated carbocycles. The average Bonchev–Trinajstić information content (AvgIpc) is 2.43. The monoisotopic (exact) mass is 295 g/mol. The zero-order valence-corrected chi connectivity index (χ0v) is 12.8. The van der Waals surface area contributed by atoms with Crippen molar-refractivity contribution >= 4 is 17.5 Å². The Bertz CT molecular complexity index is 493. The Balaban J connectivity index is 1.97. The zero-order valence-electron chi connectivity index (χ0n) is 12.1. The van der Waals surface area contributed by atoms with E-state index in [-0.39, 0.29) is 5.91 Å². The number of carbonyl (C=O) groups excluding carboxylic acids is 1. The normalized spacial score (nSPS) is 26.3. The van der Waals surface area contributed by atoms with Crippen LogP contribution in [-0.2, 0) is 0 Å². The number of benzene rings is 1. The fourth-order valence-electron chi connectivity index (χ4n) is 2.67. The Labute approximate surface area is 125 Å². The lowest BCUT2D eigenvalue weighted by Gasteiger charge is -2.35. The molecule has 1 amide bonds. The molecule has 0 spiro atoms. The van der Waals surface area contributed by atoms with Crippen molar-refractivity contribution in [1.29, 1.82) is 0 Å². The van der Waals surface area contributed by atoms with Crippen molar-refractivity contribution in [3.8, 4) is 0 Å². The molecule has 3 nitrogen and oxygen atoms in total. The van der Waals surface area contributed by atoms with Gasteiger partial charge in [-0.05, 0) is 56.2 Å². The van der Waals surface area contributed by atoms with Gasteiger partial charge in [-0.2, -0.15) is 0 Å². The summed E-state index contributed by atoms with van der Waals surface area (Å²) in [6.07, 6.45) is 3.54. The van der Waals surface area contributed by atoms with Crippen LogP contribution in [0.1, 0.15) is 48.5 Å². The SMILES string of the molecule is Cc1c(Cl)cccc1C(=O)NCC1(O)CCC(C)CC1. The average molecular weight is 296 g/mol. The van der Waals surface area contributed by atoms with E-state index < -0.39 is 5.60 Å². The summed E-state index contributed by atoms with van der Waals surface area (Å²) >= 11 is 6.02. The molecule has 1 aromatic rings. The second-order valence-corrected chi connectivity index (χ2v) is 6.41. The maximum atomic E-state index is 12.2. The number of rotatable bonds is 3. The minimum absolute atomic E-state index is 0.169. The van der Waals surface area contributed by atoms with Gasteiger partial charge in [-0.25, -0.2) is 0 Å². The molecule has 0 bridgehead atoms. The second kappa shape index (κ2) is 6.15. The first-order valence-electron chi connectivity index (χ1n) is 7.17. The van der Waals surface area contributed by atoms with Crippen molar-refractivity contribution in [2.75, 3.05) is 6.54 Å². The smallest absolute Gasteiger partial charge is 0.251 e. The van der Waals surface area contributed by atoms with Gasteiger partial charge in [-0.15, -0.1) is 0 Å². The summed E-state index contributed by atoms with van der Waals surface area (Å²) in [5.74, 6) is 0.498. The topological polar surface area (TPSA) is 49.3 Å². The van der Waals surface area contributed by atoms with E-state index in [2.05, 4.69) is 12.2 Å². The Morgan fingerprint density at radius 2 is 2.10 bits per heavy atom. The van der Waals surface area contributed by atoms with Gasteiger partial charge in [0.15, 0.2) is 0 Å². The summed E-state index contributed by atoms with van der Waals surface area (Å²) < 4.78 is 0. The van der Waals surface area contributed by atoms with Gasteiger partial charge in [0, 0.05) is 17.1 Å². The molecule has 0 aromatic heterocycles. The second-order valence-electron chi connectivity index (χ2n) is 6.00. The van der Waals surface area contributed by atoms with Gasteiger partial charge in [0.1, 0.15) is 0 Å². The molecule has 0 radical (unpaired) electrons. The number of hydrogen-bond donors (Lipinski definition) is 2. The number of carbonyl (C=O) groups is 1. The van der Waals surface area contributed by atoms with Crippen molar-refractivity contribution in [1.82, 2.24) is 5.32 Å². The molecule has 20 heavy (non-hydrogen) atoms. The summed E-state index contributed by atoms with van der Waals surface area (Å²) in [5, 5.41) is 13.9. The first-order chi connectivity index (χ1) is 9.41. The van der Waals surface area contributed by atoms with Crippen LogP contribution in [0.5, 0.6) is 0 Å². The fourth-order valence-corrected chi connectivity index (χ4v) is 2.84. The van der Waals surface area contributed by atoms with E-state index in [1.165, 1.54) is 0 Å². The van der Waals surface area contributed by atoms with Crippen molar-refractivity contribution in [3.63, 3.8) is 0 Å². The number of aliphatic hydroxyl groups is 1. The molecule has 2 N–H and O–H groups in total. The highest BCUT2D eigenvalue weighted by Gasteiger charge is 2.32. The number of halogens is 1. The van der Waals surface area contributed by atoms with Crippen molar-refractivity contribution in [2.45, 2.75) is 45.1 Å². The van der Waals surface area contributed by atoms with E-state index in [4.69, 9.17) is 11.6 Å². The van der Waals surface area contributed by atoms with Crippen LogP contribution in [0.25, 0.3) is 0 Å². The highest BCUT2D eigenvalue weighted by atomic mass is 35.5. The maximum absolute atomic E-state index is 12.2. The van der Waals surface area contributed by atoms with Crippen LogP contribution in [0, 0.1) is 12.8 Å². The van der Waals surface area contributed by atoms with Crippen LogP contribution in [-0.4, -0.2) is 23.2 Å². The summed E-state index contributed by atoms with van der Waals surface area (Å²) in [7, 11) is 0. The lowest BCUT2D eigenvalue weighted by atomic mass is 9.79. The van der Waals surface area contributed by atoms with Crippen LogP contribution in [0.2, 0.25) is 5.02 Å². The molecule has 1 aromatic carbocycles. The predicted octanol–water partition coefficient (Wildman–Crippen LogP) is 3.32. The van der Waals surface area contributed by atoms with Crippen LogP contribution in [0.3, 0.4) is 0 Å². The number of nitrogens with one attached hydrogen (secondary N) is 1. The molecule has 110 valence electrons. The predicted molar refractivity (Wildman–Crippen MR) is 81.1 cm³/mol. The van der Waals surface area contributed by atoms with E-state index in [1.54, 1.807) is 18.2 Å². The Hall–Kier alpha value is -1.06. The summed E-state index contributed by atoms with van der Waals surface area (Å²) in [5.41, 5.74) is 0.593. The third-order valence-electron chi connectivity index (χ3n) is 4.30. The molecular formula is C16H22ClNO2. The van der Waals surface area contributed by atoms with Crippen molar-refractivity contribution < 1.29 is 9.90 Å². The molecule has 1 aliphatic rings. The van der Waals surface area contributed by atoms with Crippen molar-refractivity contribution in [2.24, 2.45) is 5.92 Å². The highest BCUT2D eigenvalue weighted by Crippen LogP contribution is 2.31. The van der Waals surface area contributed by atoms with Crippen LogP contribution in [0.4, 0.5) is 0 Å². The minimum atomic E-state index is -0.755. The molecule has 0 saturated heterocycles. The summed E-state index contributed by atoms with van der Waals surface area (Å²) in [6, 6.07) is 5.29. The van der Waals surface area contributed by atoms with Crippen LogP contribution < -0.4 is 5.32 Å². The molecule has 0 unspecified atom stereocenters. The van der Waals surface area contributed by atoms with Gasteiger partial charge in [0.2, 0.25) is 0 Å². The summed E-state index contributed by atoms with van der Waals surface area (Å²) in [6.45, 7) is 4.34. The molecule has 4 heteroatoms. The Morgan fingerprint density at radius 1 is 1.45 bits per heavy atom. The molecule has 0 aliphatic heterocycles. The Morgan fingerprint density at radius 3 is 2.75 bits per heavy atom. The highest BCUT2D eigenvalue weighted by molar-refractivity contribution is 6.31. The van der Waals surface area contributed by atoms with Gasteiger partial charge in [0.25, 0.3) is 5.91 Å². The van der Waals surface area contributed by atoms with Gasteiger partial charge in [-0.1, -0.05) is 24.6 Å². The first kappa shape index (κ1) is 15.3. The molecular weight excluding hydrogens is 274 g/mol. The van der Waals surface area contributed by atoms with Crippen LogP contribution >= 0.6 is 11.6 Å². The van der Waals surface area contributed by atoms with E-state index >= 15 is 0 Å². The molecule has 2 rings (SSSR count). The van der Waals surface area contributed by atoms with E-state index in [0.717, 1.165) is 31.2 Å². The molecule has 1 fully saturated rings. The van der Waals surface area contributed by atoms with Crippen molar-refractivity contribution in [3.05, 3.63) is 34.3 Å². The van der Waals surface area contributed by atoms with E-state index in [1.807, 2.05) is 6.92 Å². The van der Waals surface area contributed by atoms with E-state index in [0.29, 0.717) is 23.0 Å². The molecule has 1 aliphatic carbocycles.